The first-order chi connectivity index (χ1) is 10.3. The second-order valence-electron chi connectivity index (χ2n) is 4.67. The second kappa shape index (κ2) is 6.17. The molecule has 1 aliphatic rings. The van der Waals surface area contributed by atoms with Crippen molar-refractivity contribution in [2.24, 2.45) is 0 Å². The Bertz CT molecular complexity index is 683. The first-order valence-corrected chi connectivity index (χ1v) is 7.33. The summed E-state index contributed by atoms with van der Waals surface area (Å²) in [6, 6.07) is 15.6. The van der Waals surface area contributed by atoms with Gasteiger partial charge in [-0.3, -0.25) is 5.32 Å². The molecule has 5 heteroatoms. The molecule has 1 heterocycles. The van der Waals surface area contributed by atoms with E-state index in [4.69, 9.17) is 9.47 Å². The number of halogens is 1. The molecular formula is C16H13BrN2O2. The summed E-state index contributed by atoms with van der Waals surface area (Å²) in [6.07, 6.45) is 0. The van der Waals surface area contributed by atoms with Crippen LogP contribution < -0.4 is 14.8 Å². The molecule has 3 rings (SSSR count). The average Bonchev–Trinajstić information content (AvgIpc) is 2.98. The van der Waals surface area contributed by atoms with E-state index >= 15 is 0 Å². The van der Waals surface area contributed by atoms with E-state index in [1.807, 2.05) is 42.5 Å². The zero-order valence-electron chi connectivity index (χ0n) is 11.2. The second-order valence-corrected chi connectivity index (χ2v) is 5.52. The van der Waals surface area contributed by atoms with Gasteiger partial charge in [0.1, 0.15) is 6.04 Å². The lowest BCUT2D eigenvalue weighted by atomic mass is 10.1. The van der Waals surface area contributed by atoms with Gasteiger partial charge in [-0.2, -0.15) is 5.26 Å². The molecule has 0 aliphatic carbocycles. The van der Waals surface area contributed by atoms with Gasteiger partial charge in [0.05, 0.1) is 10.5 Å². The minimum Gasteiger partial charge on any atom is -0.454 e. The van der Waals surface area contributed by atoms with E-state index in [2.05, 4.69) is 27.3 Å². The minimum atomic E-state index is -0.406. The molecule has 0 fully saturated rings. The first kappa shape index (κ1) is 13.9. The van der Waals surface area contributed by atoms with Crippen LogP contribution in [-0.4, -0.2) is 6.79 Å². The van der Waals surface area contributed by atoms with Gasteiger partial charge in [-0.05, 0) is 39.2 Å². The predicted octanol–water partition coefficient (Wildman–Crippen LogP) is 3.53. The SMILES string of the molecule is N#CC(NCc1ccccc1)c1cc(Br)c2c(c1)OCO2. The minimum absolute atomic E-state index is 0.214. The molecule has 4 nitrogen and oxygen atoms in total. The number of hydrogen-bond acceptors (Lipinski definition) is 4. The van der Waals surface area contributed by atoms with Gasteiger partial charge in [0, 0.05) is 6.54 Å². The number of benzene rings is 2. The van der Waals surface area contributed by atoms with Crippen molar-refractivity contribution < 1.29 is 9.47 Å². The average molecular weight is 345 g/mol. The van der Waals surface area contributed by atoms with Crippen LogP contribution in [0.5, 0.6) is 11.5 Å². The fourth-order valence-corrected chi connectivity index (χ4v) is 2.78. The Hall–Kier alpha value is -2.03. The van der Waals surface area contributed by atoms with E-state index in [-0.39, 0.29) is 6.79 Å². The molecule has 21 heavy (non-hydrogen) atoms. The third-order valence-corrected chi connectivity index (χ3v) is 3.85. The summed E-state index contributed by atoms with van der Waals surface area (Å²) >= 11 is 3.45. The molecule has 0 saturated carbocycles. The lowest BCUT2D eigenvalue weighted by Crippen LogP contribution is -2.19. The smallest absolute Gasteiger partial charge is 0.231 e. The van der Waals surface area contributed by atoms with E-state index < -0.39 is 6.04 Å². The lowest BCUT2D eigenvalue weighted by Gasteiger charge is -2.13. The number of nitrogens with one attached hydrogen (secondary N) is 1. The number of rotatable bonds is 4. The molecule has 0 radical (unpaired) electrons. The molecule has 106 valence electrons. The van der Waals surface area contributed by atoms with Crippen molar-refractivity contribution in [2.75, 3.05) is 6.79 Å². The van der Waals surface area contributed by atoms with Gasteiger partial charge in [-0.15, -0.1) is 0 Å². The molecular weight excluding hydrogens is 332 g/mol. The third kappa shape index (κ3) is 3.02. The maximum atomic E-state index is 9.40. The van der Waals surface area contributed by atoms with E-state index in [0.29, 0.717) is 18.0 Å². The van der Waals surface area contributed by atoms with Crippen LogP contribution in [0.25, 0.3) is 0 Å². The summed E-state index contributed by atoms with van der Waals surface area (Å²) in [7, 11) is 0. The normalized spacial score (nSPS) is 13.7. The van der Waals surface area contributed by atoms with Gasteiger partial charge >= 0.3 is 0 Å². The van der Waals surface area contributed by atoms with Gasteiger partial charge in [0.15, 0.2) is 11.5 Å². The van der Waals surface area contributed by atoms with Crippen LogP contribution >= 0.6 is 15.9 Å². The fourth-order valence-electron chi connectivity index (χ4n) is 2.21. The number of ether oxygens (including phenoxy) is 2. The Balaban J connectivity index is 1.78. The van der Waals surface area contributed by atoms with Crippen molar-refractivity contribution in [1.29, 1.82) is 5.26 Å². The van der Waals surface area contributed by atoms with E-state index in [9.17, 15) is 5.26 Å². The number of hydrogen-bond donors (Lipinski definition) is 1. The Morgan fingerprint density at radius 1 is 1.24 bits per heavy atom. The first-order valence-electron chi connectivity index (χ1n) is 6.54. The van der Waals surface area contributed by atoms with Crippen molar-refractivity contribution in [3.63, 3.8) is 0 Å². The highest BCUT2D eigenvalue weighted by atomic mass is 79.9. The molecule has 1 atom stereocenters. The van der Waals surface area contributed by atoms with E-state index in [1.54, 1.807) is 0 Å². The standard InChI is InChI=1S/C16H13BrN2O2/c17-13-6-12(7-15-16(13)21-10-20-15)14(8-18)19-9-11-4-2-1-3-5-11/h1-7,14,19H,9-10H2. The van der Waals surface area contributed by atoms with E-state index in [0.717, 1.165) is 15.6 Å². The van der Waals surface area contributed by atoms with Crippen molar-refractivity contribution in [3.8, 4) is 17.6 Å². The molecule has 0 bridgehead atoms. The van der Waals surface area contributed by atoms with Gasteiger partial charge in [0.2, 0.25) is 6.79 Å². The highest BCUT2D eigenvalue weighted by molar-refractivity contribution is 9.10. The van der Waals surface area contributed by atoms with Crippen LogP contribution in [0.15, 0.2) is 46.9 Å². The van der Waals surface area contributed by atoms with Gasteiger partial charge in [-0.1, -0.05) is 30.3 Å². The summed E-state index contributed by atoms with van der Waals surface area (Å²) in [5.74, 6) is 1.36. The molecule has 0 spiro atoms. The lowest BCUT2D eigenvalue weighted by molar-refractivity contribution is 0.173. The summed E-state index contributed by atoms with van der Waals surface area (Å²) < 4.78 is 11.5. The fraction of sp³-hybridized carbons (Fsp3) is 0.188. The Labute approximate surface area is 131 Å². The summed E-state index contributed by atoms with van der Waals surface area (Å²) in [6.45, 7) is 0.844. The van der Waals surface area contributed by atoms with Crippen LogP contribution in [0.2, 0.25) is 0 Å². The van der Waals surface area contributed by atoms with Crippen LogP contribution in [0.1, 0.15) is 17.2 Å². The molecule has 1 N–H and O–H groups in total. The quantitative estimate of drug-likeness (QED) is 0.921. The Kier molecular flexibility index (Phi) is 4.09. The Morgan fingerprint density at radius 2 is 2.05 bits per heavy atom. The summed E-state index contributed by atoms with van der Waals surface area (Å²) in [5.41, 5.74) is 1.99. The van der Waals surface area contributed by atoms with Crippen LogP contribution in [0, 0.1) is 11.3 Å². The number of nitrogens with zero attached hydrogens (tertiary/aromatic N) is 1. The van der Waals surface area contributed by atoms with Crippen molar-refractivity contribution >= 4 is 15.9 Å². The topological polar surface area (TPSA) is 54.3 Å². The predicted molar refractivity (Wildman–Crippen MR) is 81.9 cm³/mol. The zero-order chi connectivity index (χ0) is 14.7. The molecule has 0 saturated heterocycles. The highest BCUT2D eigenvalue weighted by Crippen LogP contribution is 2.41. The highest BCUT2D eigenvalue weighted by Gasteiger charge is 2.21. The van der Waals surface area contributed by atoms with Crippen LogP contribution in [0.3, 0.4) is 0 Å². The third-order valence-electron chi connectivity index (χ3n) is 3.27. The van der Waals surface area contributed by atoms with Crippen LogP contribution in [0.4, 0.5) is 0 Å². The van der Waals surface area contributed by atoms with Crippen molar-refractivity contribution in [2.45, 2.75) is 12.6 Å². The maximum Gasteiger partial charge on any atom is 0.231 e. The molecule has 1 unspecified atom stereocenters. The van der Waals surface area contributed by atoms with Crippen molar-refractivity contribution in [1.82, 2.24) is 5.32 Å². The monoisotopic (exact) mass is 344 g/mol. The maximum absolute atomic E-state index is 9.40. The molecule has 1 aliphatic heterocycles. The van der Waals surface area contributed by atoms with Gasteiger partial charge in [-0.25, -0.2) is 0 Å². The van der Waals surface area contributed by atoms with Gasteiger partial charge < -0.3 is 9.47 Å². The molecule has 2 aromatic carbocycles. The zero-order valence-corrected chi connectivity index (χ0v) is 12.8. The van der Waals surface area contributed by atoms with Crippen LogP contribution in [-0.2, 0) is 6.54 Å². The molecule has 0 aromatic heterocycles. The summed E-state index contributed by atoms with van der Waals surface area (Å²) in [4.78, 5) is 0. The number of fused-ring (bicyclic) bond motifs is 1. The van der Waals surface area contributed by atoms with E-state index in [1.165, 1.54) is 0 Å². The number of nitriles is 1. The van der Waals surface area contributed by atoms with Gasteiger partial charge in [0.25, 0.3) is 0 Å². The van der Waals surface area contributed by atoms with Crippen molar-refractivity contribution in [3.05, 3.63) is 58.1 Å². The molecule has 0 amide bonds. The summed E-state index contributed by atoms with van der Waals surface area (Å²) in [5, 5.41) is 12.6. The largest absolute Gasteiger partial charge is 0.454 e. The molecule has 2 aromatic rings. The Morgan fingerprint density at radius 3 is 2.81 bits per heavy atom.